The van der Waals surface area contributed by atoms with Gasteiger partial charge in [0, 0.05) is 13.5 Å². The Bertz CT molecular complexity index is 507. The highest BCUT2D eigenvalue weighted by molar-refractivity contribution is 5.87. The molecular formula is C14H18F4N2O4. The van der Waals surface area contributed by atoms with Gasteiger partial charge < -0.3 is 14.7 Å². The topological polar surface area (TPSA) is 90.6 Å². The van der Waals surface area contributed by atoms with Crippen molar-refractivity contribution in [1.29, 1.82) is 5.26 Å². The Kier molecular flexibility index (Phi) is 8.39. The maximum Gasteiger partial charge on any atom is 0.333 e. The van der Waals surface area contributed by atoms with Crippen molar-refractivity contribution in [3.05, 3.63) is 12.7 Å². The fourth-order valence-corrected chi connectivity index (χ4v) is 1.73. The highest BCUT2D eigenvalue weighted by atomic mass is 19.3. The van der Waals surface area contributed by atoms with Gasteiger partial charge in [0.15, 0.2) is 5.54 Å². The maximum absolute atomic E-state index is 12.9. The van der Waals surface area contributed by atoms with Gasteiger partial charge in [0.2, 0.25) is 5.91 Å². The maximum atomic E-state index is 12.9. The average Bonchev–Trinajstić information content (AvgIpc) is 2.50. The Hall–Kier alpha value is -2.15. The Morgan fingerprint density at radius 3 is 2.42 bits per heavy atom. The number of allylic oxidation sites excluding steroid dienone is 1. The van der Waals surface area contributed by atoms with Crippen LogP contribution in [0.25, 0.3) is 0 Å². The van der Waals surface area contributed by atoms with Crippen molar-refractivity contribution in [3.8, 4) is 6.07 Å². The van der Waals surface area contributed by atoms with Crippen molar-refractivity contribution in [1.82, 2.24) is 4.90 Å². The first-order valence-corrected chi connectivity index (χ1v) is 6.76. The molecule has 0 aromatic rings. The molecule has 1 unspecified atom stereocenters. The number of hydrogen-bond acceptors (Lipinski definition) is 4. The monoisotopic (exact) mass is 354 g/mol. The van der Waals surface area contributed by atoms with E-state index in [1.807, 2.05) is 0 Å². The Labute approximate surface area is 136 Å². The van der Waals surface area contributed by atoms with Gasteiger partial charge in [0.25, 0.3) is 0 Å². The quantitative estimate of drug-likeness (QED) is 0.453. The predicted molar refractivity (Wildman–Crippen MR) is 74.6 cm³/mol. The summed E-state index contributed by atoms with van der Waals surface area (Å²) in [5.41, 5.74) is -2.26. The first-order valence-electron chi connectivity index (χ1n) is 6.76. The van der Waals surface area contributed by atoms with Crippen LogP contribution in [0.5, 0.6) is 0 Å². The number of amides is 1. The molecule has 1 atom stereocenters. The number of carboxylic acids is 1. The predicted octanol–water partition coefficient (Wildman–Crippen LogP) is 2.07. The summed E-state index contributed by atoms with van der Waals surface area (Å²) in [5, 5.41) is 18.2. The first-order chi connectivity index (χ1) is 11.0. The third kappa shape index (κ3) is 5.49. The van der Waals surface area contributed by atoms with Crippen molar-refractivity contribution in [2.75, 3.05) is 20.3 Å². The number of hydrogen-bond donors (Lipinski definition) is 1. The number of carboxylic acid groups (broad SMARTS) is 1. The molecule has 0 aromatic heterocycles. The number of rotatable bonds is 11. The largest absolute Gasteiger partial charge is 0.479 e. The molecule has 0 saturated carbocycles. The molecular weight excluding hydrogens is 336 g/mol. The van der Waals surface area contributed by atoms with Crippen LogP contribution in [0.1, 0.15) is 19.3 Å². The molecule has 0 aliphatic carbocycles. The molecule has 0 radical (unpaired) electrons. The summed E-state index contributed by atoms with van der Waals surface area (Å²) in [5.74, 6) is -6.82. The molecule has 0 spiro atoms. The van der Waals surface area contributed by atoms with E-state index in [1.54, 1.807) is 6.07 Å². The van der Waals surface area contributed by atoms with Crippen molar-refractivity contribution in [2.24, 2.45) is 0 Å². The minimum absolute atomic E-state index is 0.117. The number of carbonyl (C=O) groups excluding carboxylic acids is 1. The first kappa shape index (κ1) is 21.9. The van der Waals surface area contributed by atoms with Gasteiger partial charge in [-0.25, -0.2) is 13.6 Å². The van der Waals surface area contributed by atoms with Gasteiger partial charge in [0.1, 0.15) is 6.61 Å². The smallest absolute Gasteiger partial charge is 0.333 e. The molecule has 10 heteroatoms. The molecule has 0 aromatic carbocycles. The van der Waals surface area contributed by atoms with E-state index in [0.717, 1.165) is 7.05 Å². The van der Waals surface area contributed by atoms with Gasteiger partial charge in [-0.15, -0.1) is 6.58 Å². The van der Waals surface area contributed by atoms with Crippen LogP contribution in [-0.2, 0) is 14.3 Å². The van der Waals surface area contributed by atoms with E-state index < -0.39 is 49.4 Å². The second-order valence-corrected chi connectivity index (χ2v) is 5.01. The fraction of sp³-hybridized carbons (Fsp3) is 0.643. The Morgan fingerprint density at radius 2 is 2.00 bits per heavy atom. The van der Waals surface area contributed by atoms with E-state index in [-0.39, 0.29) is 12.8 Å². The Morgan fingerprint density at radius 1 is 1.42 bits per heavy atom. The molecule has 0 heterocycles. The molecule has 0 fully saturated rings. The lowest BCUT2D eigenvalue weighted by atomic mass is 9.94. The molecule has 0 saturated heterocycles. The standard InChI is InChI=1S/C14H18F4N2O4/c1-3-4-5-10(21)20(2)13(6-7-19,12(22)23)8-24-9-14(17,18)11(15)16/h3,11H,1,4-6,8-9H2,2H3,(H,22,23). The summed E-state index contributed by atoms with van der Waals surface area (Å²) < 4.78 is 54.3. The number of nitriles is 1. The molecule has 0 bridgehead atoms. The number of halogens is 4. The second kappa shape index (κ2) is 9.22. The lowest BCUT2D eigenvalue weighted by Crippen LogP contribution is -2.58. The molecule has 136 valence electrons. The lowest BCUT2D eigenvalue weighted by molar-refractivity contribution is -0.182. The molecule has 0 rings (SSSR count). The van der Waals surface area contributed by atoms with Crippen LogP contribution in [0.4, 0.5) is 17.6 Å². The third-order valence-electron chi connectivity index (χ3n) is 3.30. The average molecular weight is 354 g/mol. The number of alkyl halides is 4. The number of aliphatic carboxylic acids is 1. The highest BCUT2D eigenvalue weighted by Gasteiger charge is 2.47. The third-order valence-corrected chi connectivity index (χ3v) is 3.30. The molecule has 1 N–H and O–H groups in total. The second-order valence-electron chi connectivity index (χ2n) is 5.01. The number of likely N-dealkylation sites (N-methyl/N-ethyl adjacent to an activating group) is 1. The molecule has 24 heavy (non-hydrogen) atoms. The van der Waals surface area contributed by atoms with E-state index in [2.05, 4.69) is 11.3 Å². The van der Waals surface area contributed by atoms with Gasteiger partial charge in [-0.3, -0.25) is 4.79 Å². The van der Waals surface area contributed by atoms with Crippen LogP contribution in [0, 0.1) is 11.3 Å². The van der Waals surface area contributed by atoms with Crippen LogP contribution in [-0.4, -0.2) is 60.0 Å². The summed E-state index contributed by atoms with van der Waals surface area (Å²) in [7, 11) is 1.07. The summed E-state index contributed by atoms with van der Waals surface area (Å²) >= 11 is 0. The minimum atomic E-state index is -4.47. The molecule has 1 amide bonds. The lowest BCUT2D eigenvalue weighted by Gasteiger charge is -2.36. The number of carbonyl (C=O) groups is 2. The zero-order chi connectivity index (χ0) is 19.0. The van der Waals surface area contributed by atoms with Crippen molar-refractivity contribution in [3.63, 3.8) is 0 Å². The molecule has 0 aliphatic heterocycles. The fourth-order valence-electron chi connectivity index (χ4n) is 1.73. The minimum Gasteiger partial charge on any atom is -0.479 e. The van der Waals surface area contributed by atoms with Gasteiger partial charge in [-0.05, 0) is 6.42 Å². The summed E-state index contributed by atoms with van der Waals surface area (Å²) in [6.07, 6.45) is -3.22. The van der Waals surface area contributed by atoms with Gasteiger partial charge in [-0.1, -0.05) is 6.08 Å². The van der Waals surface area contributed by atoms with Crippen molar-refractivity contribution < 1.29 is 37.0 Å². The van der Waals surface area contributed by atoms with E-state index in [9.17, 15) is 32.3 Å². The van der Waals surface area contributed by atoms with Crippen LogP contribution in [0.3, 0.4) is 0 Å². The van der Waals surface area contributed by atoms with E-state index in [4.69, 9.17) is 5.26 Å². The summed E-state index contributed by atoms with van der Waals surface area (Å²) in [6, 6.07) is 1.54. The SMILES string of the molecule is C=CCCC(=O)N(C)C(CC#N)(COCC(F)(F)C(F)F)C(=O)O. The normalized spacial score (nSPS) is 13.9. The molecule has 6 nitrogen and oxygen atoms in total. The molecule has 0 aliphatic rings. The van der Waals surface area contributed by atoms with Crippen LogP contribution >= 0.6 is 0 Å². The van der Waals surface area contributed by atoms with E-state index in [0.29, 0.717) is 4.90 Å². The van der Waals surface area contributed by atoms with Crippen molar-refractivity contribution >= 4 is 11.9 Å². The summed E-state index contributed by atoms with van der Waals surface area (Å²) in [6.45, 7) is 0.631. The van der Waals surface area contributed by atoms with Gasteiger partial charge in [-0.2, -0.15) is 14.0 Å². The van der Waals surface area contributed by atoms with E-state index >= 15 is 0 Å². The zero-order valence-corrected chi connectivity index (χ0v) is 13.0. The van der Waals surface area contributed by atoms with Crippen molar-refractivity contribution in [2.45, 2.75) is 37.1 Å². The van der Waals surface area contributed by atoms with E-state index in [1.165, 1.54) is 6.08 Å². The zero-order valence-electron chi connectivity index (χ0n) is 13.0. The van der Waals surface area contributed by atoms with Crippen LogP contribution < -0.4 is 0 Å². The van der Waals surface area contributed by atoms with Crippen LogP contribution in [0.2, 0.25) is 0 Å². The summed E-state index contributed by atoms with van der Waals surface area (Å²) in [4.78, 5) is 24.2. The van der Waals surface area contributed by atoms with Gasteiger partial charge >= 0.3 is 18.3 Å². The number of nitrogens with zero attached hydrogens (tertiary/aromatic N) is 2. The van der Waals surface area contributed by atoms with Crippen LogP contribution in [0.15, 0.2) is 12.7 Å². The number of ether oxygens (including phenoxy) is 1. The Balaban J connectivity index is 5.28. The van der Waals surface area contributed by atoms with Gasteiger partial charge in [0.05, 0.1) is 19.1 Å². The highest BCUT2D eigenvalue weighted by Crippen LogP contribution is 2.26.